The highest BCUT2D eigenvalue weighted by Gasteiger charge is 2.13. The molecule has 0 bridgehead atoms. The number of nitrogens with zero attached hydrogens (tertiary/aromatic N) is 3. The topological polar surface area (TPSA) is 84.8 Å². The molecule has 1 aromatic carbocycles. The summed E-state index contributed by atoms with van der Waals surface area (Å²) in [7, 11) is 0. The third-order valence-electron chi connectivity index (χ3n) is 3.29. The number of halogens is 1. The maximum absolute atomic E-state index is 12.9. The van der Waals surface area contributed by atoms with Crippen LogP contribution >= 0.6 is 46.2 Å². The van der Waals surface area contributed by atoms with Crippen molar-refractivity contribution in [1.82, 2.24) is 15.2 Å². The maximum atomic E-state index is 12.9. The van der Waals surface area contributed by atoms with Gasteiger partial charge in [-0.1, -0.05) is 41.8 Å². The average Bonchev–Trinajstić information content (AvgIpc) is 3.30. The Labute approximate surface area is 177 Å². The van der Waals surface area contributed by atoms with Crippen LogP contribution in [-0.4, -0.2) is 38.4 Å². The molecule has 28 heavy (non-hydrogen) atoms. The number of thiazole rings is 1. The molecular formula is C17H15FN4O2S4. The van der Waals surface area contributed by atoms with Gasteiger partial charge in [-0.15, -0.1) is 21.5 Å². The molecule has 1 N–H and O–H groups in total. The molecule has 2 aromatic heterocycles. The molecule has 0 atom stereocenters. The number of anilines is 1. The Bertz CT molecular complexity index is 958. The summed E-state index contributed by atoms with van der Waals surface area (Å²) >= 11 is 5.59. The van der Waals surface area contributed by atoms with Crippen molar-refractivity contribution >= 4 is 63.0 Å². The van der Waals surface area contributed by atoms with Gasteiger partial charge in [0, 0.05) is 10.9 Å². The fourth-order valence-corrected chi connectivity index (χ4v) is 5.46. The summed E-state index contributed by atoms with van der Waals surface area (Å²) in [6.45, 7) is 2.02. The highest BCUT2D eigenvalue weighted by atomic mass is 32.2. The van der Waals surface area contributed by atoms with Gasteiger partial charge in [0.2, 0.25) is 11.0 Å². The summed E-state index contributed by atoms with van der Waals surface area (Å²) in [4.78, 5) is 28.6. The van der Waals surface area contributed by atoms with Crippen molar-refractivity contribution in [2.75, 3.05) is 16.8 Å². The Morgan fingerprint density at radius 1 is 1.14 bits per heavy atom. The molecule has 1 amide bonds. The second-order valence-electron chi connectivity index (χ2n) is 5.35. The van der Waals surface area contributed by atoms with Crippen molar-refractivity contribution in [2.24, 2.45) is 0 Å². The number of Topliss-reactive ketones (excluding diaryl/α,β-unsaturated/α-hetero) is 1. The number of aromatic nitrogens is 3. The predicted octanol–water partition coefficient (Wildman–Crippen LogP) is 4.40. The molecule has 2 heterocycles. The molecule has 0 aliphatic rings. The Morgan fingerprint density at radius 2 is 1.93 bits per heavy atom. The number of nitrogens with one attached hydrogen (secondary N) is 1. The molecule has 3 aromatic rings. The SMILES string of the molecule is CCSc1nnc(NC(=O)Cc2csc(SCC(=O)c3ccc(F)cc3)n2)s1. The van der Waals surface area contributed by atoms with Crippen LogP contribution in [0.4, 0.5) is 9.52 Å². The quantitative estimate of drug-likeness (QED) is 0.291. The Kier molecular flexibility index (Phi) is 7.54. The first-order valence-electron chi connectivity index (χ1n) is 8.15. The van der Waals surface area contributed by atoms with E-state index in [0.717, 1.165) is 10.1 Å². The maximum Gasteiger partial charge on any atom is 0.232 e. The number of rotatable bonds is 9. The van der Waals surface area contributed by atoms with Crippen molar-refractivity contribution < 1.29 is 14.0 Å². The molecule has 0 aliphatic heterocycles. The monoisotopic (exact) mass is 454 g/mol. The second kappa shape index (κ2) is 10.1. The number of hydrogen-bond acceptors (Lipinski definition) is 9. The van der Waals surface area contributed by atoms with Crippen LogP contribution in [0.25, 0.3) is 0 Å². The number of ketones is 1. The summed E-state index contributed by atoms with van der Waals surface area (Å²) in [5, 5.41) is 12.9. The van der Waals surface area contributed by atoms with E-state index in [4.69, 9.17) is 0 Å². The minimum atomic E-state index is -0.374. The van der Waals surface area contributed by atoms with Gasteiger partial charge in [0.1, 0.15) is 5.82 Å². The van der Waals surface area contributed by atoms with Gasteiger partial charge in [-0.3, -0.25) is 9.59 Å². The molecular weight excluding hydrogens is 439 g/mol. The van der Waals surface area contributed by atoms with Crippen molar-refractivity contribution in [1.29, 1.82) is 0 Å². The van der Waals surface area contributed by atoms with Crippen LogP contribution in [0.5, 0.6) is 0 Å². The van der Waals surface area contributed by atoms with Crippen LogP contribution in [0.1, 0.15) is 23.0 Å². The zero-order chi connectivity index (χ0) is 19.9. The van der Waals surface area contributed by atoms with Crippen LogP contribution in [-0.2, 0) is 11.2 Å². The third-order valence-corrected chi connectivity index (χ3v) is 7.21. The first kappa shape index (κ1) is 20.9. The van der Waals surface area contributed by atoms with Crippen LogP contribution in [0.3, 0.4) is 0 Å². The van der Waals surface area contributed by atoms with Gasteiger partial charge in [0.05, 0.1) is 17.9 Å². The van der Waals surface area contributed by atoms with Gasteiger partial charge in [-0.05, 0) is 30.0 Å². The lowest BCUT2D eigenvalue weighted by atomic mass is 10.1. The lowest BCUT2D eigenvalue weighted by Crippen LogP contribution is -2.14. The molecule has 3 rings (SSSR count). The molecule has 0 spiro atoms. The van der Waals surface area contributed by atoms with E-state index in [1.54, 1.807) is 17.1 Å². The predicted molar refractivity (Wildman–Crippen MR) is 112 cm³/mol. The normalized spacial score (nSPS) is 10.8. The smallest absolute Gasteiger partial charge is 0.232 e. The minimum absolute atomic E-state index is 0.100. The summed E-state index contributed by atoms with van der Waals surface area (Å²) in [5.41, 5.74) is 1.09. The summed E-state index contributed by atoms with van der Waals surface area (Å²) in [5.74, 6) is 0.407. The van der Waals surface area contributed by atoms with Crippen LogP contribution < -0.4 is 5.32 Å². The zero-order valence-electron chi connectivity index (χ0n) is 14.7. The summed E-state index contributed by atoms with van der Waals surface area (Å²) < 4.78 is 14.4. The van der Waals surface area contributed by atoms with E-state index < -0.39 is 0 Å². The molecule has 11 heteroatoms. The van der Waals surface area contributed by atoms with Crippen molar-refractivity contribution in [3.05, 3.63) is 46.7 Å². The van der Waals surface area contributed by atoms with Gasteiger partial charge < -0.3 is 5.32 Å². The second-order valence-corrected chi connectivity index (χ2v) is 9.92. The van der Waals surface area contributed by atoms with E-state index in [9.17, 15) is 14.0 Å². The highest BCUT2D eigenvalue weighted by Crippen LogP contribution is 2.26. The van der Waals surface area contributed by atoms with Gasteiger partial charge in [-0.25, -0.2) is 9.37 Å². The minimum Gasteiger partial charge on any atom is -0.300 e. The number of hydrogen-bond donors (Lipinski definition) is 1. The van der Waals surface area contributed by atoms with Crippen molar-refractivity contribution in [3.8, 4) is 0 Å². The Hall–Kier alpha value is -1.82. The first-order chi connectivity index (χ1) is 13.5. The molecule has 6 nitrogen and oxygen atoms in total. The number of benzene rings is 1. The van der Waals surface area contributed by atoms with Crippen molar-refractivity contribution in [2.45, 2.75) is 22.0 Å². The van der Waals surface area contributed by atoms with E-state index in [1.165, 1.54) is 58.7 Å². The van der Waals surface area contributed by atoms with Crippen molar-refractivity contribution in [3.63, 3.8) is 0 Å². The lowest BCUT2D eigenvalue weighted by molar-refractivity contribution is -0.115. The molecule has 0 saturated heterocycles. The first-order valence-corrected chi connectivity index (χ1v) is 11.8. The van der Waals surface area contributed by atoms with E-state index in [-0.39, 0.29) is 29.7 Å². The fraction of sp³-hybridized carbons (Fsp3) is 0.235. The summed E-state index contributed by atoms with van der Waals surface area (Å²) in [6, 6.07) is 5.46. The molecule has 0 fully saturated rings. The van der Waals surface area contributed by atoms with Crippen LogP contribution in [0.15, 0.2) is 38.3 Å². The fourth-order valence-electron chi connectivity index (χ4n) is 2.05. The standard InChI is InChI=1S/C17H15FN4O2S4/c1-2-25-17-22-21-15(28-17)20-14(24)7-12-8-26-16(19-12)27-9-13(23)10-3-5-11(18)6-4-10/h3-6,8H,2,7,9H2,1H3,(H,20,21,24). The number of thioether (sulfide) groups is 2. The van der Waals surface area contributed by atoms with Gasteiger partial charge in [-0.2, -0.15) is 0 Å². The number of carbonyl (C=O) groups is 2. The van der Waals surface area contributed by atoms with Gasteiger partial charge in [0.25, 0.3) is 0 Å². The number of amides is 1. The number of carbonyl (C=O) groups excluding carboxylic acids is 2. The molecule has 0 unspecified atom stereocenters. The Balaban J connectivity index is 1.48. The molecule has 0 radical (unpaired) electrons. The van der Waals surface area contributed by atoms with Crippen LogP contribution in [0.2, 0.25) is 0 Å². The van der Waals surface area contributed by atoms with Gasteiger partial charge >= 0.3 is 0 Å². The van der Waals surface area contributed by atoms with E-state index in [1.807, 2.05) is 6.92 Å². The van der Waals surface area contributed by atoms with E-state index in [2.05, 4.69) is 20.5 Å². The molecule has 0 aliphatic carbocycles. The average molecular weight is 455 g/mol. The Morgan fingerprint density at radius 3 is 2.68 bits per heavy atom. The van der Waals surface area contributed by atoms with Crippen LogP contribution in [0, 0.1) is 5.82 Å². The van der Waals surface area contributed by atoms with Gasteiger partial charge in [0.15, 0.2) is 14.5 Å². The zero-order valence-corrected chi connectivity index (χ0v) is 17.9. The third kappa shape index (κ3) is 6.09. The highest BCUT2D eigenvalue weighted by molar-refractivity contribution is 8.01. The van der Waals surface area contributed by atoms with E-state index in [0.29, 0.717) is 20.7 Å². The summed E-state index contributed by atoms with van der Waals surface area (Å²) in [6.07, 6.45) is 0.124. The molecule has 146 valence electrons. The van der Waals surface area contributed by atoms with E-state index >= 15 is 0 Å². The largest absolute Gasteiger partial charge is 0.300 e. The molecule has 0 saturated carbocycles. The lowest BCUT2D eigenvalue weighted by Gasteiger charge is -1.99.